The molecule has 0 atom stereocenters. The zero-order valence-electron chi connectivity index (χ0n) is 21.2. The Morgan fingerprint density at radius 1 is 0.333 bits per heavy atom. The Morgan fingerprint density at radius 2 is 0.538 bits per heavy atom. The molecule has 6 nitrogen and oxygen atoms in total. The maximum absolute atomic E-state index is 12.0. The summed E-state index contributed by atoms with van der Waals surface area (Å²) in [6.45, 7) is 0. The average molecular weight is 737 g/mol. The summed E-state index contributed by atoms with van der Waals surface area (Å²) in [6.07, 6.45) is 0. The summed E-state index contributed by atoms with van der Waals surface area (Å²) in [4.78, 5) is 55.1. The van der Waals surface area contributed by atoms with E-state index in [1.165, 1.54) is 0 Å². The van der Waals surface area contributed by atoms with Crippen molar-refractivity contribution >= 4 is 64.6 Å². The molecule has 0 bridgehead atoms. The molecular formula is C30H18N2O4Y3-4. The van der Waals surface area contributed by atoms with Gasteiger partial charge < -0.3 is 44.0 Å². The van der Waals surface area contributed by atoms with Crippen LogP contribution >= 0.6 is 0 Å². The van der Waals surface area contributed by atoms with Gasteiger partial charge in [-0.25, -0.2) is 0 Å². The normalized spacial score (nSPS) is 10.5. The summed E-state index contributed by atoms with van der Waals surface area (Å²) >= 11 is 0. The van der Waals surface area contributed by atoms with Gasteiger partial charge >= 0.3 is 0 Å². The van der Waals surface area contributed by atoms with E-state index in [9.17, 15) is 19.2 Å². The second kappa shape index (κ2) is 12.5. The predicted octanol–water partition coefficient (Wildman–Crippen LogP) is 4.29. The van der Waals surface area contributed by atoms with Gasteiger partial charge in [-0.3, -0.25) is 0 Å². The molecule has 0 N–H and O–H groups in total. The van der Waals surface area contributed by atoms with Gasteiger partial charge in [0.1, 0.15) is 0 Å². The fourth-order valence-electron chi connectivity index (χ4n) is 4.84. The van der Waals surface area contributed by atoms with Crippen molar-refractivity contribution in [1.82, 2.24) is 9.97 Å². The van der Waals surface area contributed by atoms with Gasteiger partial charge in [0.15, 0.2) is 0 Å². The van der Waals surface area contributed by atoms with Crippen molar-refractivity contribution in [1.29, 1.82) is 0 Å². The molecule has 0 spiro atoms. The van der Waals surface area contributed by atoms with E-state index in [0.29, 0.717) is 21.5 Å². The van der Waals surface area contributed by atoms with Crippen LogP contribution in [0.4, 0.5) is 0 Å². The molecule has 0 saturated carbocycles. The van der Waals surface area contributed by atoms with E-state index in [-0.39, 0.29) is 113 Å². The standard InChI is InChI=1S/C28H14N2O4.2CH3.3Y/c31-25-21-9-17-5-13-1-2-14-6-18-10-22-24(28(34)30-26(22)32)12-20(18)8-16(14)4-3-15(13)7-19(17)11-23(21)27(33)29-25;;;;;/h1-12H,(H2,29,30,31,32,33,34);2*1H3;;;/q;2*-1;;;/p-2. The molecule has 39 heavy (non-hydrogen) atoms. The number of nitrogens with zero attached hydrogens (tertiary/aromatic N) is 2. The van der Waals surface area contributed by atoms with E-state index in [1.54, 1.807) is 24.3 Å². The van der Waals surface area contributed by atoms with E-state index < -0.39 is 22.2 Å². The third kappa shape index (κ3) is 5.54. The van der Waals surface area contributed by atoms with Crippen LogP contribution in [0.5, 0.6) is 0 Å². The second-order valence-electron chi connectivity index (χ2n) is 8.56. The molecule has 0 saturated heterocycles. The van der Waals surface area contributed by atoms with E-state index in [1.807, 2.05) is 48.5 Å². The maximum Gasteiger partial charge on any atom is 0.0883 e. The van der Waals surface area contributed by atoms with E-state index in [4.69, 9.17) is 0 Å². The zero-order chi connectivity index (χ0) is 23.1. The van der Waals surface area contributed by atoms with E-state index in [2.05, 4.69) is 9.97 Å². The molecule has 0 aliphatic carbocycles. The van der Waals surface area contributed by atoms with E-state index >= 15 is 0 Å². The number of hydrogen-bond donors (Lipinski definition) is 0. The summed E-state index contributed by atoms with van der Waals surface area (Å²) in [7, 11) is 0. The van der Waals surface area contributed by atoms with Gasteiger partial charge in [0.25, 0.3) is 0 Å². The molecule has 0 aliphatic rings. The van der Waals surface area contributed by atoms with Gasteiger partial charge in [-0.05, 0) is 91.6 Å². The van der Waals surface area contributed by atoms with Crippen molar-refractivity contribution in [3.8, 4) is 0 Å². The summed E-state index contributed by atoms with van der Waals surface area (Å²) in [6, 6.07) is 22.9. The van der Waals surface area contributed by atoms with Gasteiger partial charge in [0.05, 0.1) is 22.2 Å². The van der Waals surface area contributed by atoms with Crippen molar-refractivity contribution in [3.63, 3.8) is 0 Å². The molecule has 0 unspecified atom stereocenters. The first-order valence-corrected chi connectivity index (χ1v) is 10.7. The molecule has 7 aromatic rings. The summed E-state index contributed by atoms with van der Waals surface area (Å²) in [5.41, 5.74) is -1.98. The molecule has 3 radical (unpaired) electrons. The smallest absolute Gasteiger partial charge is 0.0883 e. The van der Waals surface area contributed by atoms with Crippen molar-refractivity contribution < 1.29 is 98.1 Å². The number of benzene rings is 4. The molecule has 185 valence electrons. The Morgan fingerprint density at radius 3 is 0.744 bits per heavy atom. The molecule has 9 heteroatoms. The second-order valence-corrected chi connectivity index (χ2v) is 8.56. The number of hydrogen-bond acceptors (Lipinski definition) is 4. The summed E-state index contributed by atoms with van der Waals surface area (Å²) < 4.78 is 0. The maximum atomic E-state index is 12.0. The summed E-state index contributed by atoms with van der Waals surface area (Å²) in [5.74, 6) is 0. The number of rotatable bonds is 0. The Kier molecular flexibility index (Phi) is 10.8. The Balaban J connectivity index is 0.00000107. The molecule has 2 heterocycles. The minimum absolute atomic E-state index is 0. The third-order valence-corrected chi connectivity index (χ3v) is 6.57. The van der Waals surface area contributed by atoms with Gasteiger partial charge in [0, 0.05) is 120 Å². The zero-order valence-corrected chi connectivity index (χ0v) is 29.7. The monoisotopic (exact) mass is 737 g/mol. The van der Waals surface area contributed by atoms with Gasteiger partial charge in [-0.1, -0.05) is 24.3 Å². The number of fused-ring (bicyclic) bond motifs is 6. The van der Waals surface area contributed by atoms with Crippen LogP contribution in [-0.2, 0) is 98.1 Å². The summed E-state index contributed by atoms with van der Waals surface area (Å²) in [5, 5.41) is 8.66. The molecule has 7 rings (SSSR count). The van der Waals surface area contributed by atoms with Gasteiger partial charge in [-0.2, -0.15) is 0 Å². The van der Waals surface area contributed by atoms with Crippen LogP contribution in [0.25, 0.3) is 64.6 Å². The Hall–Kier alpha value is -1.53. The van der Waals surface area contributed by atoms with Crippen molar-refractivity contribution in [3.05, 3.63) is 129 Å². The quantitative estimate of drug-likeness (QED) is 0.216. The first-order valence-electron chi connectivity index (χ1n) is 10.7. The van der Waals surface area contributed by atoms with Crippen LogP contribution in [0.15, 0.2) is 92.0 Å². The molecular weight excluding hydrogens is 719 g/mol. The van der Waals surface area contributed by atoms with Crippen molar-refractivity contribution in [2.24, 2.45) is 0 Å². The predicted molar refractivity (Wildman–Crippen MR) is 147 cm³/mol. The Labute approximate surface area is 297 Å². The van der Waals surface area contributed by atoms with Gasteiger partial charge in [0.2, 0.25) is 0 Å². The molecule has 0 aliphatic heterocycles. The van der Waals surface area contributed by atoms with Crippen molar-refractivity contribution in [2.75, 3.05) is 0 Å². The van der Waals surface area contributed by atoms with E-state index in [0.717, 1.165) is 43.1 Å². The van der Waals surface area contributed by atoms with Crippen LogP contribution in [-0.4, -0.2) is 0 Å². The average Bonchev–Trinajstić information content (AvgIpc) is 3.25. The van der Waals surface area contributed by atoms with Crippen molar-refractivity contribution in [2.45, 2.75) is 0 Å². The minimum atomic E-state index is -0.496. The molecule has 2 aromatic heterocycles. The molecule has 0 amide bonds. The van der Waals surface area contributed by atoms with Crippen LogP contribution < -0.4 is 32.2 Å². The van der Waals surface area contributed by atoms with Crippen LogP contribution in [0, 0.1) is 14.9 Å². The third-order valence-electron chi connectivity index (χ3n) is 6.57. The molecule has 0 fully saturated rings. The molecule has 5 aromatic carbocycles. The van der Waals surface area contributed by atoms with Crippen LogP contribution in [0.1, 0.15) is 0 Å². The fourth-order valence-corrected chi connectivity index (χ4v) is 4.84. The fraction of sp³-hybridized carbons (Fsp3) is 0. The number of aromatic nitrogens is 2. The Bertz CT molecular complexity index is 1960. The van der Waals surface area contributed by atoms with Gasteiger partial charge in [-0.15, -0.1) is 0 Å². The largest absolute Gasteiger partial charge is 0.587 e. The SMILES string of the molecule is O=c1[n-]c(=O)c2cc3cc4ccc5cc6cc7c(=O)[n-]c(=O)c7cc6cc5ccc4cc3cc12.[CH3-].[CH3-].[Y].[Y].[Y]. The topological polar surface area (TPSA) is 96.5 Å². The van der Waals surface area contributed by atoms with Crippen LogP contribution in [0.3, 0.4) is 0 Å². The first-order chi connectivity index (χ1) is 16.4. The minimum Gasteiger partial charge on any atom is -0.587 e. The van der Waals surface area contributed by atoms with Crippen LogP contribution in [0.2, 0.25) is 0 Å². The first kappa shape index (κ1) is 33.7.